The number of hydrogen-bond donors (Lipinski definition) is 1. The number of hydrogen-bond acceptors (Lipinski definition) is 2. The highest BCUT2D eigenvalue weighted by molar-refractivity contribution is 7.85. The molecule has 20 heavy (non-hydrogen) atoms. The maximum atomic E-state index is 13.6. The Balaban J connectivity index is 2.19. The molecule has 0 saturated heterocycles. The molecule has 2 unspecified atom stereocenters. The van der Waals surface area contributed by atoms with E-state index in [4.69, 9.17) is 5.73 Å². The molecule has 0 bridgehead atoms. The average molecular weight is 291 g/mol. The van der Waals surface area contributed by atoms with Gasteiger partial charge in [0.1, 0.15) is 5.82 Å². The van der Waals surface area contributed by atoms with Crippen molar-refractivity contribution >= 4 is 10.8 Å². The van der Waals surface area contributed by atoms with Crippen LogP contribution in [0.1, 0.15) is 22.7 Å². The van der Waals surface area contributed by atoms with E-state index in [-0.39, 0.29) is 16.7 Å². The van der Waals surface area contributed by atoms with Crippen molar-refractivity contribution in [1.82, 2.24) is 0 Å². The number of rotatable bonds is 4. The highest BCUT2D eigenvalue weighted by atomic mass is 32.2. The van der Waals surface area contributed by atoms with E-state index in [1.807, 2.05) is 32.0 Å². The van der Waals surface area contributed by atoms with Crippen LogP contribution in [0.3, 0.4) is 0 Å². The second-order valence-corrected chi connectivity index (χ2v) is 6.37. The molecular formula is C16H18FNOS. The molecule has 0 fully saturated rings. The van der Waals surface area contributed by atoms with E-state index < -0.39 is 16.6 Å². The lowest BCUT2D eigenvalue weighted by atomic mass is 10.0. The highest BCUT2D eigenvalue weighted by Gasteiger charge is 2.16. The van der Waals surface area contributed by atoms with Crippen molar-refractivity contribution in [2.75, 3.05) is 5.75 Å². The molecule has 0 spiro atoms. The van der Waals surface area contributed by atoms with Crippen molar-refractivity contribution in [2.45, 2.75) is 24.8 Å². The van der Waals surface area contributed by atoms with Crippen LogP contribution in [-0.2, 0) is 10.8 Å². The van der Waals surface area contributed by atoms with Crippen molar-refractivity contribution in [2.24, 2.45) is 5.73 Å². The van der Waals surface area contributed by atoms with Crippen molar-refractivity contribution in [3.8, 4) is 0 Å². The predicted octanol–water partition coefficient (Wildman–Crippen LogP) is 3.25. The summed E-state index contributed by atoms with van der Waals surface area (Å²) in [5, 5.41) is 0. The molecule has 2 N–H and O–H groups in total. The minimum Gasteiger partial charge on any atom is -0.323 e. The monoisotopic (exact) mass is 291 g/mol. The summed E-state index contributed by atoms with van der Waals surface area (Å²) < 4.78 is 25.8. The van der Waals surface area contributed by atoms with E-state index in [9.17, 15) is 8.60 Å². The molecule has 0 amide bonds. The summed E-state index contributed by atoms with van der Waals surface area (Å²) in [7, 11) is -1.44. The fourth-order valence-electron chi connectivity index (χ4n) is 2.13. The van der Waals surface area contributed by atoms with Crippen molar-refractivity contribution in [1.29, 1.82) is 0 Å². The number of aryl methyl sites for hydroxylation is 2. The zero-order valence-corrected chi connectivity index (χ0v) is 12.4. The van der Waals surface area contributed by atoms with E-state index in [2.05, 4.69) is 0 Å². The third-order valence-corrected chi connectivity index (χ3v) is 4.73. The van der Waals surface area contributed by atoms with Crippen LogP contribution in [0.5, 0.6) is 0 Å². The minimum absolute atomic E-state index is 0.214. The smallest absolute Gasteiger partial charge is 0.139 e. The molecule has 0 heterocycles. The number of benzene rings is 2. The maximum absolute atomic E-state index is 13.6. The van der Waals surface area contributed by atoms with Gasteiger partial charge in [-0.1, -0.05) is 35.9 Å². The van der Waals surface area contributed by atoms with Crippen LogP contribution in [0.25, 0.3) is 0 Å². The summed E-state index contributed by atoms with van der Waals surface area (Å²) in [6.07, 6.45) is 0. The lowest BCUT2D eigenvalue weighted by Gasteiger charge is -2.15. The van der Waals surface area contributed by atoms with Gasteiger partial charge in [-0.2, -0.15) is 0 Å². The molecule has 4 heteroatoms. The molecule has 2 rings (SSSR count). The van der Waals surface area contributed by atoms with Crippen LogP contribution in [0.2, 0.25) is 0 Å². The first-order chi connectivity index (χ1) is 9.49. The second kappa shape index (κ2) is 6.29. The largest absolute Gasteiger partial charge is 0.323 e. The third kappa shape index (κ3) is 3.32. The lowest BCUT2D eigenvalue weighted by molar-refractivity contribution is 0.594. The number of halogens is 1. The standard InChI is InChI=1S/C16H18FNOS/c1-11-7-8-12(2)13(9-11)15(18)10-20(19)16-6-4-3-5-14(16)17/h3-9,15H,10,18H2,1-2H3. The molecule has 2 aromatic rings. The SMILES string of the molecule is Cc1ccc(C)c(C(N)CS(=O)c2ccccc2F)c1. The molecule has 0 aliphatic carbocycles. The van der Waals surface area contributed by atoms with Crippen LogP contribution in [0.15, 0.2) is 47.4 Å². The number of nitrogens with two attached hydrogens (primary N) is 1. The molecule has 0 radical (unpaired) electrons. The molecule has 2 aromatic carbocycles. The lowest BCUT2D eigenvalue weighted by Crippen LogP contribution is -2.20. The van der Waals surface area contributed by atoms with Crippen LogP contribution in [0, 0.1) is 19.7 Å². The first kappa shape index (κ1) is 14.9. The Labute approximate surface area is 121 Å². The van der Waals surface area contributed by atoms with E-state index in [0.717, 1.165) is 16.7 Å². The van der Waals surface area contributed by atoms with Crippen LogP contribution < -0.4 is 5.73 Å². The fourth-order valence-corrected chi connectivity index (χ4v) is 3.33. The molecule has 2 atom stereocenters. The molecular weight excluding hydrogens is 273 g/mol. The Kier molecular flexibility index (Phi) is 4.68. The molecule has 2 nitrogen and oxygen atoms in total. The zero-order chi connectivity index (χ0) is 14.7. The summed E-state index contributed by atoms with van der Waals surface area (Å²) in [5.41, 5.74) is 9.28. The van der Waals surface area contributed by atoms with Crippen LogP contribution in [-0.4, -0.2) is 9.96 Å². The van der Waals surface area contributed by atoms with Crippen molar-refractivity contribution < 1.29 is 8.60 Å². The van der Waals surface area contributed by atoms with Gasteiger partial charge in [-0.15, -0.1) is 0 Å². The Hall–Kier alpha value is -1.52. The Morgan fingerprint density at radius 2 is 1.90 bits per heavy atom. The van der Waals surface area contributed by atoms with Crippen LogP contribution >= 0.6 is 0 Å². The topological polar surface area (TPSA) is 43.1 Å². The van der Waals surface area contributed by atoms with Gasteiger partial charge >= 0.3 is 0 Å². The van der Waals surface area contributed by atoms with Crippen molar-refractivity contribution in [3.63, 3.8) is 0 Å². The van der Waals surface area contributed by atoms with Crippen LogP contribution in [0.4, 0.5) is 4.39 Å². The zero-order valence-electron chi connectivity index (χ0n) is 11.6. The van der Waals surface area contributed by atoms with Gasteiger partial charge < -0.3 is 5.73 Å². The predicted molar refractivity (Wildman–Crippen MR) is 80.5 cm³/mol. The molecule has 0 aliphatic rings. The van der Waals surface area contributed by atoms with Crippen molar-refractivity contribution in [3.05, 3.63) is 65.0 Å². The maximum Gasteiger partial charge on any atom is 0.139 e. The summed E-state index contributed by atoms with van der Waals surface area (Å²) >= 11 is 0. The first-order valence-electron chi connectivity index (χ1n) is 6.44. The van der Waals surface area contributed by atoms with Gasteiger partial charge in [-0.3, -0.25) is 4.21 Å². The van der Waals surface area contributed by atoms with E-state index in [0.29, 0.717) is 0 Å². The summed E-state index contributed by atoms with van der Waals surface area (Å²) in [6, 6.07) is 11.8. The highest BCUT2D eigenvalue weighted by Crippen LogP contribution is 2.21. The normalized spacial score (nSPS) is 14.0. The average Bonchev–Trinajstić information content (AvgIpc) is 2.41. The molecule has 0 saturated carbocycles. The Morgan fingerprint density at radius 1 is 1.20 bits per heavy atom. The van der Waals surface area contributed by atoms with Gasteiger partial charge in [0.05, 0.1) is 15.7 Å². The summed E-state index contributed by atoms with van der Waals surface area (Å²) in [4.78, 5) is 0.216. The molecule has 0 aliphatic heterocycles. The van der Waals surface area contributed by atoms with Gasteiger partial charge in [0, 0.05) is 11.8 Å². The summed E-state index contributed by atoms with van der Waals surface area (Å²) in [5.74, 6) is -0.232. The molecule has 0 aromatic heterocycles. The van der Waals surface area contributed by atoms with Gasteiger partial charge in [0.25, 0.3) is 0 Å². The second-order valence-electron chi connectivity index (χ2n) is 4.91. The van der Waals surface area contributed by atoms with Gasteiger partial charge in [-0.05, 0) is 37.1 Å². The quantitative estimate of drug-likeness (QED) is 0.939. The first-order valence-corrected chi connectivity index (χ1v) is 7.76. The van der Waals surface area contributed by atoms with E-state index in [1.54, 1.807) is 18.2 Å². The van der Waals surface area contributed by atoms with Gasteiger partial charge in [0.15, 0.2) is 0 Å². The Morgan fingerprint density at radius 3 is 2.60 bits per heavy atom. The third-order valence-electron chi connectivity index (χ3n) is 3.25. The van der Waals surface area contributed by atoms with E-state index >= 15 is 0 Å². The van der Waals surface area contributed by atoms with E-state index in [1.165, 1.54) is 6.07 Å². The summed E-state index contributed by atoms with van der Waals surface area (Å²) in [6.45, 7) is 3.96. The Bertz CT molecular complexity index is 642. The minimum atomic E-state index is -1.44. The van der Waals surface area contributed by atoms with Gasteiger partial charge in [0.2, 0.25) is 0 Å². The fraction of sp³-hybridized carbons (Fsp3) is 0.250. The molecule has 106 valence electrons. The van der Waals surface area contributed by atoms with Gasteiger partial charge in [-0.25, -0.2) is 4.39 Å².